The van der Waals surface area contributed by atoms with Gasteiger partial charge in [0.1, 0.15) is 5.69 Å². The van der Waals surface area contributed by atoms with Gasteiger partial charge < -0.3 is 19.0 Å². The van der Waals surface area contributed by atoms with Crippen LogP contribution in [0.2, 0.25) is 0 Å². The van der Waals surface area contributed by atoms with Crippen LogP contribution in [0.3, 0.4) is 0 Å². The number of nitrogens with one attached hydrogen (secondary N) is 1. The summed E-state index contributed by atoms with van der Waals surface area (Å²) in [6.07, 6.45) is 1.77. The summed E-state index contributed by atoms with van der Waals surface area (Å²) in [5, 5.41) is 3.11. The minimum atomic E-state index is -0.451. The van der Waals surface area contributed by atoms with Gasteiger partial charge in [0.2, 0.25) is 0 Å². The van der Waals surface area contributed by atoms with Crippen molar-refractivity contribution in [3.63, 3.8) is 0 Å². The minimum absolute atomic E-state index is 0.0420. The first-order valence-electron chi connectivity index (χ1n) is 6.67. The molecule has 1 aromatic heterocycles. The molecule has 1 unspecified atom stereocenters. The van der Waals surface area contributed by atoms with Crippen LogP contribution in [-0.2, 0) is 16.4 Å². The molecule has 0 radical (unpaired) electrons. The maximum atomic E-state index is 12.0. The molecule has 0 amide bonds. The molecule has 0 saturated carbocycles. The summed E-state index contributed by atoms with van der Waals surface area (Å²) in [5.74, 6) is 0. The number of anilines is 1. The Bertz CT molecular complexity index is 555. The van der Waals surface area contributed by atoms with Crippen molar-refractivity contribution < 1.29 is 9.31 Å². The average molecular weight is 296 g/mol. The van der Waals surface area contributed by atoms with E-state index in [9.17, 15) is 4.79 Å². The highest BCUT2D eigenvalue weighted by Gasteiger charge is 2.51. The third-order valence-electron chi connectivity index (χ3n) is 3.99. The lowest BCUT2D eigenvalue weighted by atomic mass is 9.80. The molecule has 0 aliphatic carbocycles. The standard InChI is InChI=1S/C13H22BN2O3P/c1-12(2)13(3,4)19-14(18-12)9-7-10(15-20-6)11(17)16(5)8-9/h7-8,15,20H,1-6H3. The number of nitrogens with zero attached hydrogens (tertiary/aromatic N) is 1. The van der Waals surface area contributed by atoms with Crippen molar-refractivity contribution in [2.45, 2.75) is 38.9 Å². The molecule has 1 N–H and O–H groups in total. The van der Waals surface area contributed by atoms with Gasteiger partial charge in [0, 0.05) is 18.7 Å². The van der Waals surface area contributed by atoms with Gasteiger partial charge in [-0.2, -0.15) is 0 Å². The molecule has 1 aliphatic heterocycles. The summed E-state index contributed by atoms with van der Waals surface area (Å²) in [5.41, 5.74) is 0.630. The molecule has 1 aromatic rings. The van der Waals surface area contributed by atoms with Crippen LogP contribution in [0.5, 0.6) is 0 Å². The van der Waals surface area contributed by atoms with Crippen LogP contribution in [-0.4, -0.2) is 29.6 Å². The average Bonchev–Trinajstić information content (AvgIpc) is 2.54. The molecule has 0 spiro atoms. The molecule has 2 heterocycles. The summed E-state index contributed by atoms with van der Waals surface area (Å²) in [6, 6.07) is 1.82. The SMILES string of the molecule is CPNc1cc(B2OC(C)(C)C(C)(C)O2)cn(C)c1=O. The number of aryl methyl sites for hydroxylation is 1. The molecular weight excluding hydrogens is 274 g/mol. The molecule has 1 atom stereocenters. The summed E-state index contributed by atoms with van der Waals surface area (Å²) in [7, 11) is 1.75. The Morgan fingerprint density at radius 3 is 2.30 bits per heavy atom. The van der Waals surface area contributed by atoms with Crippen LogP contribution in [0.25, 0.3) is 0 Å². The van der Waals surface area contributed by atoms with Crippen molar-refractivity contribution in [3.05, 3.63) is 22.6 Å². The molecular formula is C13H22BN2O3P. The fraction of sp³-hybridized carbons (Fsp3) is 0.615. The van der Waals surface area contributed by atoms with Gasteiger partial charge >= 0.3 is 7.12 Å². The summed E-state index contributed by atoms with van der Waals surface area (Å²) in [6.45, 7) is 10.0. The Morgan fingerprint density at radius 2 is 1.80 bits per heavy atom. The molecule has 2 rings (SSSR count). The molecule has 5 nitrogen and oxygen atoms in total. The molecule has 1 fully saturated rings. The third kappa shape index (κ3) is 2.65. The lowest BCUT2D eigenvalue weighted by molar-refractivity contribution is 0.00578. The molecule has 20 heavy (non-hydrogen) atoms. The van der Waals surface area contributed by atoms with Crippen molar-refractivity contribution in [2.75, 3.05) is 11.8 Å². The smallest absolute Gasteiger partial charge is 0.399 e. The minimum Gasteiger partial charge on any atom is -0.399 e. The van der Waals surface area contributed by atoms with E-state index in [2.05, 4.69) is 5.09 Å². The normalized spacial score (nSPS) is 20.8. The van der Waals surface area contributed by atoms with Crippen LogP contribution < -0.4 is 16.1 Å². The van der Waals surface area contributed by atoms with E-state index in [0.717, 1.165) is 5.46 Å². The van der Waals surface area contributed by atoms with E-state index in [0.29, 0.717) is 14.4 Å². The number of pyridine rings is 1. The summed E-state index contributed by atoms with van der Waals surface area (Å²) >= 11 is 0. The van der Waals surface area contributed by atoms with E-state index >= 15 is 0 Å². The van der Waals surface area contributed by atoms with Gasteiger partial charge in [0.15, 0.2) is 0 Å². The van der Waals surface area contributed by atoms with E-state index in [4.69, 9.17) is 9.31 Å². The van der Waals surface area contributed by atoms with E-state index < -0.39 is 7.12 Å². The van der Waals surface area contributed by atoms with E-state index in [-0.39, 0.29) is 16.8 Å². The maximum absolute atomic E-state index is 12.0. The first-order chi connectivity index (χ1) is 9.18. The molecule has 0 bridgehead atoms. The highest BCUT2D eigenvalue weighted by Crippen LogP contribution is 2.36. The zero-order valence-corrected chi connectivity index (χ0v) is 13.9. The van der Waals surface area contributed by atoms with Gasteiger partial charge in [-0.3, -0.25) is 4.79 Å². The third-order valence-corrected chi connectivity index (χ3v) is 4.51. The van der Waals surface area contributed by atoms with Gasteiger partial charge in [-0.1, -0.05) is 0 Å². The zero-order chi connectivity index (χ0) is 15.1. The van der Waals surface area contributed by atoms with Gasteiger partial charge in [-0.15, -0.1) is 0 Å². The molecule has 0 aromatic carbocycles. The zero-order valence-electron chi connectivity index (χ0n) is 12.9. The first kappa shape index (κ1) is 15.6. The Morgan fingerprint density at radius 1 is 1.25 bits per heavy atom. The van der Waals surface area contributed by atoms with Crippen molar-refractivity contribution in [3.8, 4) is 0 Å². The van der Waals surface area contributed by atoms with Crippen LogP contribution in [0, 0.1) is 0 Å². The molecule has 1 aliphatic rings. The Hall–Kier alpha value is -0.835. The van der Waals surface area contributed by atoms with E-state index in [1.165, 1.54) is 0 Å². The predicted molar refractivity (Wildman–Crippen MR) is 85.3 cm³/mol. The second-order valence-corrected chi connectivity index (χ2v) is 6.82. The largest absolute Gasteiger partial charge is 0.496 e. The lowest BCUT2D eigenvalue weighted by Gasteiger charge is -2.32. The van der Waals surface area contributed by atoms with Gasteiger partial charge in [0.25, 0.3) is 5.56 Å². The molecule has 7 heteroatoms. The highest BCUT2D eigenvalue weighted by molar-refractivity contribution is 7.38. The van der Waals surface area contributed by atoms with E-state index in [1.807, 2.05) is 40.4 Å². The monoisotopic (exact) mass is 296 g/mol. The van der Waals surface area contributed by atoms with Crippen molar-refractivity contribution in [1.82, 2.24) is 4.57 Å². The van der Waals surface area contributed by atoms with Crippen LogP contribution >= 0.6 is 8.73 Å². The second-order valence-electron chi connectivity index (χ2n) is 6.07. The van der Waals surface area contributed by atoms with Gasteiger partial charge in [0.05, 0.1) is 11.2 Å². The Balaban J connectivity index is 2.38. The first-order valence-corrected chi connectivity index (χ1v) is 8.17. The molecule has 1 saturated heterocycles. The van der Waals surface area contributed by atoms with Crippen molar-refractivity contribution in [2.24, 2.45) is 7.05 Å². The van der Waals surface area contributed by atoms with Crippen LogP contribution in [0.4, 0.5) is 5.69 Å². The number of aromatic nitrogens is 1. The van der Waals surface area contributed by atoms with Crippen LogP contribution in [0.1, 0.15) is 27.7 Å². The second kappa shape index (κ2) is 5.17. The highest BCUT2D eigenvalue weighted by atomic mass is 31.1. The number of rotatable bonds is 3. The summed E-state index contributed by atoms with van der Waals surface area (Å²) in [4.78, 5) is 12.0. The van der Waals surface area contributed by atoms with Crippen LogP contribution in [0.15, 0.2) is 17.1 Å². The Kier molecular flexibility index (Phi) is 4.02. The maximum Gasteiger partial charge on any atom is 0.496 e. The summed E-state index contributed by atoms with van der Waals surface area (Å²) < 4.78 is 13.6. The van der Waals surface area contributed by atoms with E-state index in [1.54, 1.807) is 17.8 Å². The Labute approximate surface area is 122 Å². The van der Waals surface area contributed by atoms with Gasteiger partial charge in [-0.25, -0.2) is 0 Å². The number of hydrogen-bond donors (Lipinski definition) is 1. The van der Waals surface area contributed by atoms with Crippen molar-refractivity contribution >= 4 is 27.0 Å². The predicted octanol–water partition coefficient (Wildman–Crippen LogP) is 1.32. The van der Waals surface area contributed by atoms with Gasteiger partial charge in [-0.05, 0) is 49.2 Å². The van der Waals surface area contributed by atoms with Crippen molar-refractivity contribution in [1.29, 1.82) is 0 Å². The lowest BCUT2D eigenvalue weighted by Crippen LogP contribution is -2.41. The molecule has 110 valence electrons. The topological polar surface area (TPSA) is 52.5 Å². The fourth-order valence-corrected chi connectivity index (χ4v) is 2.52. The number of hydrogen-bond acceptors (Lipinski definition) is 4. The quantitative estimate of drug-likeness (QED) is 0.675. The fourth-order valence-electron chi connectivity index (χ4n) is 2.07.